The van der Waals surface area contributed by atoms with E-state index in [0.29, 0.717) is 18.8 Å². The molecule has 4 nitrogen and oxygen atoms in total. The van der Waals surface area contributed by atoms with Gasteiger partial charge in [0.25, 0.3) is 0 Å². The predicted molar refractivity (Wildman–Crippen MR) is 96.1 cm³/mol. The van der Waals surface area contributed by atoms with Gasteiger partial charge in [0.2, 0.25) is 11.8 Å². The Morgan fingerprint density at radius 2 is 1.96 bits per heavy atom. The van der Waals surface area contributed by atoms with Crippen LogP contribution in [0.2, 0.25) is 0 Å². The fourth-order valence-corrected chi connectivity index (χ4v) is 3.23. The number of nitrogens with zero attached hydrogens (tertiary/aromatic N) is 2. The zero-order valence-corrected chi connectivity index (χ0v) is 14.4. The molecule has 1 aliphatic heterocycles. The van der Waals surface area contributed by atoms with Crippen LogP contribution in [0.25, 0.3) is 0 Å². The summed E-state index contributed by atoms with van der Waals surface area (Å²) in [4.78, 5) is 28.6. The van der Waals surface area contributed by atoms with Gasteiger partial charge in [-0.25, -0.2) is 4.39 Å². The lowest BCUT2D eigenvalue weighted by molar-refractivity contribution is -0.124. The third-order valence-electron chi connectivity index (χ3n) is 4.51. The molecule has 0 spiro atoms. The molecule has 5 heteroatoms. The van der Waals surface area contributed by atoms with Crippen molar-refractivity contribution in [2.45, 2.75) is 20.3 Å². The molecule has 3 rings (SSSR count). The van der Waals surface area contributed by atoms with E-state index in [1.165, 1.54) is 12.1 Å². The van der Waals surface area contributed by atoms with Gasteiger partial charge < -0.3 is 9.80 Å². The van der Waals surface area contributed by atoms with Gasteiger partial charge in [-0.1, -0.05) is 12.1 Å². The molecule has 1 saturated heterocycles. The summed E-state index contributed by atoms with van der Waals surface area (Å²) in [5, 5.41) is 0. The van der Waals surface area contributed by atoms with Crippen molar-refractivity contribution in [3.8, 4) is 0 Å². The summed E-state index contributed by atoms with van der Waals surface area (Å²) in [5.74, 6) is -0.894. The Morgan fingerprint density at radius 1 is 1.24 bits per heavy atom. The maximum Gasteiger partial charge on any atom is 0.232 e. The monoisotopic (exact) mass is 340 g/mol. The zero-order chi connectivity index (χ0) is 18.0. The van der Waals surface area contributed by atoms with Gasteiger partial charge >= 0.3 is 0 Å². The fourth-order valence-electron chi connectivity index (χ4n) is 3.23. The number of carbonyl (C=O) groups excluding carboxylic acids is 2. The van der Waals surface area contributed by atoms with Crippen LogP contribution >= 0.6 is 0 Å². The second-order valence-corrected chi connectivity index (χ2v) is 6.30. The van der Waals surface area contributed by atoms with Crippen LogP contribution < -0.4 is 9.80 Å². The number of hydrogen-bond acceptors (Lipinski definition) is 2. The van der Waals surface area contributed by atoms with Crippen LogP contribution in [0.5, 0.6) is 0 Å². The first-order valence-electron chi connectivity index (χ1n) is 8.43. The Morgan fingerprint density at radius 3 is 2.60 bits per heavy atom. The minimum Gasteiger partial charge on any atom is -0.312 e. The number of halogens is 1. The largest absolute Gasteiger partial charge is 0.312 e. The summed E-state index contributed by atoms with van der Waals surface area (Å²) in [7, 11) is 0. The van der Waals surface area contributed by atoms with Gasteiger partial charge in [-0.2, -0.15) is 0 Å². The molecule has 1 unspecified atom stereocenters. The normalized spacial score (nSPS) is 17.0. The Balaban J connectivity index is 1.78. The van der Waals surface area contributed by atoms with Gasteiger partial charge in [-0.15, -0.1) is 0 Å². The highest BCUT2D eigenvalue weighted by Gasteiger charge is 2.37. The van der Waals surface area contributed by atoms with Crippen LogP contribution in [0.1, 0.15) is 18.9 Å². The minimum absolute atomic E-state index is 0.0499. The number of hydrogen-bond donors (Lipinski definition) is 0. The number of amides is 2. The van der Waals surface area contributed by atoms with E-state index in [1.807, 2.05) is 38.1 Å². The number of rotatable bonds is 4. The maximum absolute atomic E-state index is 13.1. The van der Waals surface area contributed by atoms with Gasteiger partial charge in [0.15, 0.2) is 0 Å². The van der Waals surface area contributed by atoms with Crippen LogP contribution in [-0.4, -0.2) is 24.9 Å². The van der Waals surface area contributed by atoms with Gasteiger partial charge in [0, 0.05) is 30.9 Å². The van der Waals surface area contributed by atoms with Crippen molar-refractivity contribution in [2.75, 3.05) is 22.9 Å². The van der Waals surface area contributed by atoms with E-state index >= 15 is 0 Å². The van der Waals surface area contributed by atoms with Gasteiger partial charge in [0.05, 0.1) is 5.92 Å². The Kier molecular flexibility index (Phi) is 4.83. The fraction of sp³-hybridized carbons (Fsp3) is 0.300. The maximum atomic E-state index is 13.1. The first kappa shape index (κ1) is 17.1. The van der Waals surface area contributed by atoms with Gasteiger partial charge in [0.1, 0.15) is 5.82 Å². The number of anilines is 2. The molecule has 0 saturated carbocycles. The van der Waals surface area contributed by atoms with Gasteiger partial charge in [-0.3, -0.25) is 9.59 Å². The third-order valence-corrected chi connectivity index (χ3v) is 4.51. The molecule has 1 fully saturated rings. The SMILES string of the molecule is CCN(C(=O)C1CC(=O)N(c2ccc(F)cc2)C1)c1cccc(C)c1. The standard InChI is InChI=1S/C20H21FN2O2/c1-3-22(18-6-4-5-14(2)11-18)20(25)15-12-19(24)23(13-15)17-9-7-16(21)8-10-17/h4-11,15H,3,12-13H2,1-2H3. The first-order chi connectivity index (χ1) is 12.0. The van der Waals surface area contributed by atoms with Crippen molar-refractivity contribution in [1.29, 1.82) is 0 Å². The molecule has 130 valence electrons. The molecule has 0 bridgehead atoms. The van der Waals surface area contributed by atoms with Crippen molar-refractivity contribution in [1.82, 2.24) is 0 Å². The Bertz CT molecular complexity index is 789. The van der Waals surface area contributed by atoms with Crippen molar-refractivity contribution >= 4 is 23.2 Å². The van der Waals surface area contributed by atoms with Crippen LogP contribution in [0.3, 0.4) is 0 Å². The quantitative estimate of drug-likeness (QED) is 0.854. The van der Waals surface area contributed by atoms with Crippen molar-refractivity contribution in [2.24, 2.45) is 5.92 Å². The minimum atomic E-state index is -0.391. The summed E-state index contributed by atoms with van der Waals surface area (Å²) >= 11 is 0. The topological polar surface area (TPSA) is 40.6 Å². The van der Waals surface area contributed by atoms with E-state index in [0.717, 1.165) is 11.3 Å². The number of benzene rings is 2. The van der Waals surface area contributed by atoms with E-state index in [4.69, 9.17) is 0 Å². The predicted octanol–water partition coefficient (Wildman–Crippen LogP) is 3.54. The molecule has 2 amide bonds. The Labute approximate surface area is 146 Å². The molecule has 1 aliphatic rings. The molecule has 1 atom stereocenters. The lowest BCUT2D eigenvalue weighted by Crippen LogP contribution is -2.37. The van der Waals surface area contributed by atoms with E-state index in [-0.39, 0.29) is 24.1 Å². The lowest BCUT2D eigenvalue weighted by Gasteiger charge is -2.24. The first-order valence-corrected chi connectivity index (χ1v) is 8.43. The molecule has 2 aromatic carbocycles. The van der Waals surface area contributed by atoms with Gasteiger partial charge in [-0.05, 0) is 55.8 Å². The highest BCUT2D eigenvalue weighted by atomic mass is 19.1. The Hall–Kier alpha value is -2.69. The highest BCUT2D eigenvalue weighted by Crippen LogP contribution is 2.28. The van der Waals surface area contributed by atoms with Crippen molar-refractivity contribution in [3.63, 3.8) is 0 Å². The van der Waals surface area contributed by atoms with E-state index < -0.39 is 5.92 Å². The molecule has 0 aliphatic carbocycles. The second kappa shape index (κ2) is 7.05. The molecule has 0 radical (unpaired) electrons. The summed E-state index contributed by atoms with van der Waals surface area (Å²) < 4.78 is 13.1. The summed E-state index contributed by atoms with van der Waals surface area (Å²) in [5.41, 5.74) is 2.56. The van der Waals surface area contributed by atoms with Crippen LogP contribution in [-0.2, 0) is 9.59 Å². The summed E-state index contributed by atoms with van der Waals surface area (Å²) in [6.45, 7) is 4.78. The number of aryl methyl sites for hydroxylation is 1. The molecular weight excluding hydrogens is 319 g/mol. The van der Waals surface area contributed by atoms with Crippen LogP contribution in [0.15, 0.2) is 48.5 Å². The summed E-state index contributed by atoms with van der Waals surface area (Å²) in [6.07, 6.45) is 0.179. The van der Waals surface area contributed by atoms with Crippen LogP contribution in [0.4, 0.5) is 15.8 Å². The third kappa shape index (κ3) is 3.55. The van der Waals surface area contributed by atoms with E-state index in [1.54, 1.807) is 21.9 Å². The van der Waals surface area contributed by atoms with E-state index in [2.05, 4.69) is 0 Å². The molecule has 0 N–H and O–H groups in total. The smallest absolute Gasteiger partial charge is 0.232 e. The van der Waals surface area contributed by atoms with E-state index in [9.17, 15) is 14.0 Å². The molecule has 25 heavy (non-hydrogen) atoms. The number of carbonyl (C=O) groups is 2. The molecule has 1 heterocycles. The molecular formula is C20H21FN2O2. The van der Waals surface area contributed by atoms with Crippen molar-refractivity contribution < 1.29 is 14.0 Å². The average Bonchev–Trinajstić information content (AvgIpc) is 2.98. The van der Waals surface area contributed by atoms with Crippen LogP contribution in [0, 0.1) is 18.7 Å². The average molecular weight is 340 g/mol. The summed E-state index contributed by atoms with van der Waals surface area (Å²) in [6, 6.07) is 13.6. The zero-order valence-electron chi connectivity index (χ0n) is 14.4. The molecule has 2 aromatic rings. The molecule has 0 aromatic heterocycles. The highest BCUT2D eigenvalue weighted by molar-refractivity contribution is 6.04. The lowest BCUT2D eigenvalue weighted by atomic mass is 10.1. The van der Waals surface area contributed by atoms with Crippen molar-refractivity contribution in [3.05, 3.63) is 59.9 Å². The second-order valence-electron chi connectivity index (χ2n) is 6.30.